The number of rotatable bonds is 5. The summed E-state index contributed by atoms with van der Waals surface area (Å²) < 4.78 is 0. The molecule has 2 aliphatic carbocycles. The summed E-state index contributed by atoms with van der Waals surface area (Å²) in [5, 5.41) is 3.78. The predicted molar refractivity (Wildman–Crippen MR) is 104 cm³/mol. The Hall–Kier alpha value is -1.73. The first-order valence-corrected chi connectivity index (χ1v) is 10.3. The van der Waals surface area contributed by atoms with E-state index >= 15 is 0 Å². The van der Waals surface area contributed by atoms with Crippen molar-refractivity contribution in [3.63, 3.8) is 0 Å². The van der Waals surface area contributed by atoms with Crippen LogP contribution in [0.25, 0.3) is 10.2 Å². The minimum Gasteiger partial charge on any atom is -0.352 e. The van der Waals surface area contributed by atoms with Crippen LogP contribution in [0.5, 0.6) is 0 Å². The quantitative estimate of drug-likeness (QED) is 0.842. The number of carbonyl (C=O) groups is 1. The summed E-state index contributed by atoms with van der Waals surface area (Å²) in [6.07, 6.45) is 5.31. The van der Waals surface area contributed by atoms with E-state index in [1.54, 1.807) is 11.3 Å². The standard InChI is InChI=1S/C19H26N4O2S/c1-10-4-7-13-14(8-10)26-19-16(13)18(25)21-17(22-19)11(2)23(3)9-15(24)20-12-5-6-12/h10-12H,4-9H2,1-3H3,(H,20,24)(H,21,22,25)/t10-,11+/m1/s1. The number of hydrogen-bond acceptors (Lipinski definition) is 5. The molecule has 2 aromatic heterocycles. The smallest absolute Gasteiger partial charge is 0.259 e. The third kappa shape index (κ3) is 3.42. The number of nitrogens with zero attached hydrogens (tertiary/aromatic N) is 2. The van der Waals surface area contributed by atoms with Crippen molar-refractivity contribution in [3.05, 3.63) is 26.6 Å². The molecule has 6 nitrogen and oxygen atoms in total. The minimum absolute atomic E-state index is 0.0332. The number of fused-ring (bicyclic) bond motifs is 3. The van der Waals surface area contributed by atoms with Gasteiger partial charge in [-0.15, -0.1) is 11.3 Å². The maximum Gasteiger partial charge on any atom is 0.259 e. The molecule has 140 valence electrons. The molecule has 1 saturated carbocycles. The number of thiophene rings is 1. The van der Waals surface area contributed by atoms with Crippen molar-refractivity contribution in [1.29, 1.82) is 0 Å². The van der Waals surface area contributed by atoms with Crippen molar-refractivity contribution in [2.24, 2.45) is 5.92 Å². The van der Waals surface area contributed by atoms with Crippen LogP contribution in [0, 0.1) is 5.92 Å². The van der Waals surface area contributed by atoms with Crippen LogP contribution in [0.15, 0.2) is 4.79 Å². The van der Waals surface area contributed by atoms with Gasteiger partial charge in [0.2, 0.25) is 5.91 Å². The van der Waals surface area contributed by atoms with E-state index in [0.29, 0.717) is 24.3 Å². The van der Waals surface area contributed by atoms with Gasteiger partial charge in [-0.2, -0.15) is 0 Å². The van der Waals surface area contributed by atoms with Crippen molar-refractivity contribution in [2.75, 3.05) is 13.6 Å². The number of hydrogen-bond donors (Lipinski definition) is 2. The Morgan fingerprint density at radius 2 is 2.19 bits per heavy atom. The summed E-state index contributed by atoms with van der Waals surface area (Å²) in [4.78, 5) is 36.6. The molecule has 0 spiro atoms. The second-order valence-corrected chi connectivity index (χ2v) is 9.00. The monoisotopic (exact) mass is 374 g/mol. The topological polar surface area (TPSA) is 78.1 Å². The average molecular weight is 375 g/mol. The average Bonchev–Trinajstić information content (AvgIpc) is 3.31. The van der Waals surface area contributed by atoms with Crippen molar-refractivity contribution in [2.45, 2.75) is 58.0 Å². The maximum atomic E-state index is 12.7. The Morgan fingerprint density at radius 3 is 2.92 bits per heavy atom. The number of aromatic nitrogens is 2. The third-order valence-electron chi connectivity index (χ3n) is 5.58. The molecule has 1 fully saturated rings. The number of nitrogens with one attached hydrogen (secondary N) is 2. The fraction of sp³-hybridized carbons (Fsp3) is 0.632. The third-order valence-corrected chi connectivity index (χ3v) is 6.72. The summed E-state index contributed by atoms with van der Waals surface area (Å²) in [6, 6.07) is 0.232. The van der Waals surface area contributed by atoms with Crippen LogP contribution in [0.2, 0.25) is 0 Å². The lowest BCUT2D eigenvalue weighted by atomic mass is 9.89. The lowest BCUT2D eigenvalue weighted by Gasteiger charge is -2.23. The lowest BCUT2D eigenvalue weighted by molar-refractivity contribution is -0.122. The van der Waals surface area contributed by atoms with Crippen LogP contribution in [0.3, 0.4) is 0 Å². The Bertz CT molecular complexity index is 899. The lowest BCUT2D eigenvalue weighted by Crippen LogP contribution is -2.38. The molecule has 2 N–H and O–H groups in total. The van der Waals surface area contributed by atoms with Gasteiger partial charge in [-0.3, -0.25) is 14.5 Å². The number of H-pyrrole nitrogens is 1. The van der Waals surface area contributed by atoms with Gasteiger partial charge in [0.25, 0.3) is 5.56 Å². The van der Waals surface area contributed by atoms with E-state index in [2.05, 4.69) is 17.2 Å². The summed E-state index contributed by atoms with van der Waals surface area (Å²) in [5.41, 5.74) is 1.16. The molecule has 2 aromatic rings. The van der Waals surface area contributed by atoms with E-state index < -0.39 is 0 Å². The molecule has 26 heavy (non-hydrogen) atoms. The van der Waals surface area contributed by atoms with Gasteiger partial charge in [-0.25, -0.2) is 4.98 Å². The first-order valence-electron chi connectivity index (χ1n) is 9.46. The zero-order chi connectivity index (χ0) is 18.4. The van der Waals surface area contributed by atoms with Gasteiger partial charge < -0.3 is 10.3 Å². The van der Waals surface area contributed by atoms with Crippen molar-refractivity contribution in [1.82, 2.24) is 20.2 Å². The highest BCUT2D eigenvalue weighted by Gasteiger charge is 2.26. The van der Waals surface area contributed by atoms with Gasteiger partial charge in [0.05, 0.1) is 18.0 Å². The molecular weight excluding hydrogens is 348 g/mol. The number of aryl methyl sites for hydroxylation is 1. The Morgan fingerprint density at radius 1 is 1.42 bits per heavy atom. The molecule has 0 radical (unpaired) electrons. The van der Waals surface area contributed by atoms with E-state index in [0.717, 1.165) is 42.3 Å². The number of aromatic amines is 1. The second-order valence-electron chi connectivity index (χ2n) is 7.92. The van der Waals surface area contributed by atoms with E-state index in [-0.39, 0.29) is 17.5 Å². The number of amides is 1. The molecule has 2 heterocycles. The van der Waals surface area contributed by atoms with Crippen LogP contribution in [0.1, 0.15) is 55.4 Å². The summed E-state index contributed by atoms with van der Waals surface area (Å²) in [7, 11) is 1.89. The van der Waals surface area contributed by atoms with Crippen molar-refractivity contribution in [3.8, 4) is 0 Å². The SMILES string of the molecule is C[C@@H]1CCc2c(sc3nc([C@H](C)N(C)CC(=O)NC4CC4)[nH]c(=O)c23)C1. The molecule has 0 saturated heterocycles. The number of carbonyl (C=O) groups excluding carboxylic acids is 1. The highest BCUT2D eigenvalue weighted by atomic mass is 32.1. The van der Waals surface area contributed by atoms with Gasteiger partial charge >= 0.3 is 0 Å². The van der Waals surface area contributed by atoms with E-state index in [1.807, 2.05) is 18.9 Å². The van der Waals surface area contributed by atoms with Gasteiger partial charge in [-0.1, -0.05) is 6.92 Å². The molecule has 7 heteroatoms. The van der Waals surface area contributed by atoms with Crippen molar-refractivity contribution < 1.29 is 4.79 Å². The largest absolute Gasteiger partial charge is 0.352 e. The molecule has 0 aromatic carbocycles. The van der Waals surface area contributed by atoms with Crippen LogP contribution >= 0.6 is 11.3 Å². The Labute approximate surface area is 157 Å². The fourth-order valence-corrected chi connectivity index (χ4v) is 5.03. The molecule has 1 amide bonds. The maximum absolute atomic E-state index is 12.7. The van der Waals surface area contributed by atoms with Crippen LogP contribution < -0.4 is 10.9 Å². The van der Waals surface area contributed by atoms with Crippen LogP contribution in [0.4, 0.5) is 0 Å². The normalized spacial score (nSPS) is 21.0. The van der Waals surface area contributed by atoms with Crippen LogP contribution in [-0.2, 0) is 17.6 Å². The molecule has 0 bridgehead atoms. The van der Waals surface area contributed by atoms with Crippen molar-refractivity contribution >= 4 is 27.5 Å². The van der Waals surface area contributed by atoms with Gasteiger partial charge in [-0.05, 0) is 57.6 Å². The van der Waals surface area contributed by atoms with Gasteiger partial charge in [0.15, 0.2) is 0 Å². The van der Waals surface area contributed by atoms with Gasteiger partial charge in [0.1, 0.15) is 10.7 Å². The first-order chi connectivity index (χ1) is 12.4. The highest BCUT2D eigenvalue weighted by molar-refractivity contribution is 7.18. The number of likely N-dealkylation sites (N-methyl/N-ethyl adjacent to an activating group) is 1. The minimum atomic E-state index is -0.130. The Balaban J connectivity index is 1.58. The first kappa shape index (κ1) is 17.7. The second kappa shape index (κ2) is 6.78. The summed E-state index contributed by atoms with van der Waals surface area (Å²) in [5.74, 6) is 1.34. The van der Waals surface area contributed by atoms with E-state index in [1.165, 1.54) is 10.4 Å². The van der Waals surface area contributed by atoms with Crippen LogP contribution in [-0.4, -0.2) is 40.4 Å². The highest BCUT2D eigenvalue weighted by Crippen LogP contribution is 2.36. The molecule has 2 atom stereocenters. The molecule has 0 aliphatic heterocycles. The zero-order valence-corrected chi connectivity index (χ0v) is 16.4. The van der Waals surface area contributed by atoms with E-state index in [4.69, 9.17) is 4.98 Å². The zero-order valence-electron chi connectivity index (χ0n) is 15.6. The summed E-state index contributed by atoms with van der Waals surface area (Å²) >= 11 is 1.66. The molecule has 4 rings (SSSR count). The molecule has 2 aliphatic rings. The molecule has 0 unspecified atom stereocenters. The Kier molecular flexibility index (Phi) is 4.61. The van der Waals surface area contributed by atoms with Gasteiger partial charge in [0, 0.05) is 10.9 Å². The molecular formula is C19H26N4O2S. The summed E-state index contributed by atoms with van der Waals surface area (Å²) in [6.45, 7) is 4.54. The van der Waals surface area contributed by atoms with E-state index in [9.17, 15) is 9.59 Å². The fourth-order valence-electron chi connectivity index (χ4n) is 3.64. The predicted octanol–water partition coefficient (Wildman–Crippen LogP) is 2.38.